The second-order valence-electron chi connectivity index (χ2n) is 5.22. The second-order valence-corrected chi connectivity index (χ2v) is 5.22. The van der Waals surface area contributed by atoms with Crippen LogP contribution in [0.3, 0.4) is 0 Å². The Balaban J connectivity index is 1.82. The van der Waals surface area contributed by atoms with Crippen LogP contribution < -0.4 is 5.32 Å². The van der Waals surface area contributed by atoms with Gasteiger partial charge in [0, 0.05) is 12.7 Å². The van der Waals surface area contributed by atoms with Gasteiger partial charge in [-0.15, -0.1) is 0 Å². The molecule has 1 heterocycles. The van der Waals surface area contributed by atoms with E-state index in [0.717, 1.165) is 16.9 Å². The van der Waals surface area contributed by atoms with Crippen molar-refractivity contribution in [1.82, 2.24) is 9.55 Å². The van der Waals surface area contributed by atoms with Gasteiger partial charge < -0.3 is 15.0 Å². The molecule has 1 atom stereocenters. The van der Waals surface area contributed by atoms with E-state index in [0.29, 0.717) is 11.3 Å². The van der Waals surface area contributed by atoms with Gasteiger partial charge in [0.25, 0.3) is 5.91 Å². The van der Waals surface area contributed by atoms with Crippen LogP contribution in [-0.4, -0.2) is 20.6 Å². The minimum absolute atomic E-state index is 0.460. The fourth-order valence-electron chi connectivity index (χ4n) is 2.40. The normalized spacial score (nSPS) is 12.3. The number of nitrogens with one attached hydrogen (secondary N) is 1. The first-order chi connectivity index (χ1) is 10.6. The summed E-state index contributed by atoms with van der Waals surface area (Å²) in [6.45, 7) is 1.93. The number of imidazole rings is 1. The van der Waals surface area contributed by atoms with Crippen molar-refractivity contribution in [3.8, 4) is 0 Å². The van der Waals surface area contributed by atoms with Gasteiger partial charge in [-0.25, -0.2) is 4.98 Å². The average molecular weight is 295 g/mol. The van der Waals surface area contributed by atoms with Crippen LogP contribution in [0.25, 0.3) is 11.0 Å². The van der Waals surface area contributed by atoms with Gasteiger partial charge in [0.2, 0.25) is 0 Å². The molecule has 112 valence electrons. The van der Waals surface area contributed by atoms with Crippen molar-refractivity contribution in [2.45, 2.75) is 13.0 Å². The Hall–Kier alpha value is -2.66. The minimum atomic E-state index is -1.19. The zero-order valence-electron chi connectivity index (χ0n) is 12.4. The molecule has 0 bridgehead atoms. The van der Waals surface area contributed by atoms with Crippen LogP contribution in [0.1, 0.15) is 17.5 Å². The molecule has 22 heavy (non-hydrogen) atoms. The molecule has 5 heteroatoms. The van der Waals surface area contributed by atoms with Gasteiger partial charge in [-0.1, -0.05) is 30.3 Å². The average Bonchev–Trinajstić information content (AvgIpc) is 2.81. The van der Waals surface area contributed by atoms with Gasteiger partial charge in [-0.3, -0.25) is 4.79 Å². The van der Waals surface area contributed by atoms with Crippen molar-refractivity contribution in [3.05, 3.63) is 59.9 Å². The second kappa shape index (κ2) is 5.61. The zero-order chi connectivity index (χ0) is 15.7. The third-order valence-corrected chi connectivity index (χ3v) is 3.74. The fraction of sp³-hybridized carbons (Fsp3) is 0.176. The quantitative estimate of drug-likeness (QED) is 0.780. The Labute approximate surface area is 128 Å². The molecule has 2 N–H and O–H groups in total. The Morgan fingerprint density at radius 1 is 1.23 bits per heavy atom. The Bertz CT molecular complexity index is 825. The number of aliphatic hydroxyl groups excluding tert-OH is 1. The lowest BCUT2D eigenvalue weighted by atomic mass is 10.1. The van der Waals surface area contributed by atoms with E-state index in [1.807, 2.05) is 30.7 Å². The van der Waals surface area contributed by atoms with E-state index >= 15 is 0 Å². The van der Waals surface area contributed by atoms with Gasteiger partial charge in [0.15, 0.2) is 6.10 Å². The maximum absolute atomic E-state index is 12.1. The number of fused-ring (bicyclic) bond motifs is 1. The number of nitrogens with zero attached hydrogens (tertiary/aromatic N) is 2. The number of aryl methyl sites for hydroxylation is 2. The molecule has 0 spiro atoms. The lowest BCUT2D eigenvalue weighted by molar-refractivity contribution is -0.124. The lowest BCUT2D eigenvalue weighted by Crippen LogP contribution is -2.20. The predicted octanol–water partition coefficient (Wildman–Crippen LogP) is 2.55. The first kappa shape index (κ1) is 14.3. The maximum atomic E-state index is 12.1. The number of anilines is 1. The van der Waals surface area contributed by atoms with Crippen LogP contribution in [-0.2, 0) is 11.8 Å². The number of carbonyl (C=O) groups excluding carboxylic acids is 1. The Morgan fingerprint density at radius 3 is 2.68 bits per heavy atom. The zero-order valence-corrected chi connectivity index (χ0v) is 12.4. The summed E-state index contributed by atoms with van der Waals surface area (Å²) in [6.07, 6.45) is -1.19. The molecule has 1 unspecified atom stereocenters. The van der Waals surface area contributed by atoms with Crippen molar-refractivity contribution in [2.75, 3.05) is 5.32 Å². The molecule has 2 aromatic carbocycles. The van der Waals surface area contributed by atoms with E-state index in [-0.39, 0.29) is 0 Å². The van der Waals surface area contributed by atoms with Crippen LogP contribution in [0.5, 0.6) is 0 Å². The molecule has 3 rings (SSSR count). The summed E-state index contributed by atoms with van der Waals surface area (Å²) in [5.74, 6) is 0.445. The molecule has 0 fully saturated rings. The molecule has 3 aromatic rings. The summed E-state index contributed by atoms with van der Waals surface area (Å²) in [6, 6.07) is 14.4. The Morgan fingerprint density at radius 2 is 1.95 bits per heavy atom. The van der Waals surface area contributed by atoms with Crippen LogP contribution in [0.2, 0.25) is 0 Å². The molecule has 0 radical (unpaired) electrons. The highest BCUT2D eigenvalue weighted by Gasteiger charge is 2.17. The maximum Gasteiger partial charge on any atom is 0.257 e. The lowest BCUT2D eigenvalue weighted by Gasteiger charge is -2.11. The predicted molar refractivity (Wildman–Crippen MR) is 85.5 cm³/mol. The van der Waals surface area contributed by atoms with Gasteiger partial charge in [-0.2, -0.15) is 0 Å². The summed E-state index contributed by atoms with van der Waals surface area (Å²) in [7, 11) is 1.95. The number of aliphatic hydroxyl groups is 1. The summed E-state index contributed by atoms with van der Waals surface area (Å²) in [4.78, 5) is 16.6. The number of carbonyl (C=O) groups is 1. The molecular weight excluding hydrogens is 278 g/mol. The summed E-state index contributed by atoms with van der Waals surface area (Å²) in [5, 5.41) is 12.8. The number of benzene rings is 2. The van der Waals surface area contributed by atoms with Crippen molar-refractivity contribution in [1.29, 1.82) is 0 Å². The van der Waals surface area contributed by atoms with Crippen molar-refractivity contribution < 1.29 is 9.90 Å². The van der Waals surface area contributed by atoms with E-state index in [9.17, 15) is 9.90 Å². The first-order valence-electron chi connectivity index (χ1n) is 7.03. The number of rotatable bonds is 3. The van der Waals surface area contributed by atoms with Crippen molar-refractivity contribution in [3.63, 3.8) is 0 Å². The number of hydrogen-bond donors (Lipinski definition) is 2. The van der Waals surface area contributed by atoms with E-state index < -0.39 is 12.0 Å². The summed E-state index contributed by atoms with van der Waals surface area (Å²) in [5.41, 5.74) is 2.99. The molecule has 0 saturated carbocycles. The van der Waals surface area contributed by atoms with Gasteiger partial charge >= 0.3 is 0 Å². The molecular formula is C17H17N3O2. The van der Waals surface area contributed by atoms with E-state index in [2.05, 4.69) is 10.3 Å². The smallest absolute Gasteiger partial charge is 0.257 e. The number of aromatic nitrogens is 2. The summed E-state index contributed by atoms with van der Waals surface area (Å²) < 4.78 is 1.99. The van der Waals surface area contributed by atoms with Crippen LogP contribution >= 0.6 is 0 Å². The fourth-order valence-corrected chi connectivity index (χ4v) is 2.40. The molecule has 0 aliphatic rings. The highest BCUT2D eigenvalue weighted by molar-refractivity contribution is 5.96. The monoisotopic (exact) mass is 295 g/mol. The van der Waals surface area contributed by atoms with Crippen LogP contribution in [0.15, 0.2) is 48.5 Å². The summed E-state index contributed by atoms with van der Waals surface area (Å²) >= 11 is 0. The van der Waals surface area contributed by atoms with Crippen molar-refractivity contribution >= 4 is 22.6 Å². The SMILES string of the molecule is Cc1nc2cc(NC(=O)C(O)c3ccccc3)ccc2n1C. The van der Waals surface area contributed by atoms with E-state index in [1.54, 1.807) is 36.4 Å². The Kier molecular flexibility index (Phi) is 3.65. The molecule has 0 aliphatic carbocycles. The number of amides is 1. The highest BCUT2D eigenvalue weighted by Crippen LogP contribution is 2.21. The van der Waals surface area contributed by atoms with E-state index in [1.165, 1.54) is 0 Å². The highest BCUT2D eigenvalue weighted by atomic mass is 16.3. The standard InChI is InChI=1S/C17H17N3O2/c1-11-18-14-10-13(8-9-15(14)20(11)2)19-17(22)16(21)12-6-4-3-5-7-12/h3-10,16,21H,1-2H3,(H,19,22). The molecule has 1 aromatic heterocycles. The third-order valence-electron chi connectivity index (χ3n) is 3.74. The van der Waals surface area contributed by atoms with Gasteiger partial charge in [0.05, 0.1) is 11.0 Å². The number of hydrogen-bond acceptors (Lipinski definition) is 3. The third kappa shape index (κ3) is 2.58. The van der Waals surface area contributed by atoms with Crippen molar-refractivity contribution in [2.24, 2.45) is 7.05 Å². The van der Waals surface area contributed by atoms with Crippen LogP contribution in [0, 0.1) is 6.92 Å². The first-order valence-corrected chi connectivity index (χ1v) is 7.03. The molecule has 1 amide bonds. The topological polar surface area (TPSA) is 67.2 Å². The van der Waals surface area contributed by atoms with Gasteiger partial charge in [-0.05, 0) is 30.7 Å². The molecule has 0 saturated heterocycles. The van der Waals surface area contributed by atoms with Gasteiger partial charge in [0.1, 0.15) is 5.82 Å². The van der Waals surface area contributed by atoms with E-state index in [4.69, 9.17) is 0 Å². The van der Waals surface area contributed by atoms with Crippen LogP contribution in [0.4, 0.5) is 5.69 Å². The largest absolute Gasteiger partial charge is 0.378 e. The molecule has 5 nitrogen and oxygen atoms in total. The molecule has 0 aliphatic heterocycles. The minimum Gasteiger partial charge on any atom is -0.378 e.